The Balaban J connectivity index is 2.31. The molecule has 2 N–H and O–H groups in total. The number of nitrogens with zero attached hydrogens (tertiary/aromatic N) is 1. The van der Waals surface area contributed by atoms with E-state index in [1.807, 2.05) is 0 Å². The van der Waals surface area contributed by atoms with Crippen molar-refractivity contribution in [1.29, 1.82) is 0 Å². The highest BCUT2D eigenvalue weighted by molar-refractivity contribution is 5.22. The number of hydrogen-bond acceptors (Lipinski definition) is 2. The second kappa shape index (κ2) is 5.86. The Hall–Kier alpha value is -0.760. The van der Waals surface area contributed by atoms with Gasteiger partial charge in [-0.15, -0.1) is 0 Å². The Kier molecular flexibility index (Phi) is 4.74. The number of hydrogen-bond donors (Lipinski definition) is 1. The van der Waals surface area contributed by atoms with Gasteiger partial charge in [-0.05, 0) is 38.4 Å². The van der Waals surface area contributed by atoms with Crippen LogP contribution in [-0.2, 0) is 0 Å². The molecule has 1 rings (SSSR count). The summed E-state index contributed by atoms with van der Waals surface area (Å²) in [7, 11) is 0. The van der Waals surface area contributed by atoms with E-state index >= 15 is 0 Å². The van der Waals surface area contributed by atoms with Crippen molar-refractivity contribution in [3.8, 4) is 0 Å². The van der Waals surface area contributed by atoms with Crippen LogP contribution in [0.5, 0.6) is 0 Å². The van der Waals surface area contributed by atoms with Crippen LogP contribution in [0.2, 0.25) is 0 Å². The van der Waals surface area contributed by atoms with E-state index in [9.17, 15) is 0 Å². The first-order valence-electron chi connectivity index (χ1n) is 5.62. The monoisotopic (exact) mass is 194 g/mol. The van der Waals surface area contributed by atoms with Crippen LogP contribution in [-0.4, -0.2) is 24.5 Å². The zero-order valence-electron chi connectivity index (χ0n) is 9.42. The van der Waals surface area contributed by atoms with E-state index in [1.54, 1.807) is 5.57 Å². The molecule has 80 valence electrons. The number of rotatable bonds is 5. The van der Waals surface area contributed by atoms with Gasteiger partial charge in [-0.2, -0.15) is 0 Å². The summed E-state index contributed by atoms with van der Waals surface area (Å²) < 4.78 is 0. The maximum Gasteiger partial charge on any atom is 0.00836 e. The fourth-order valence-electron chi connectivity index (χ4n) is 1.75. The van der Waals surface area contributed by atoms with Gasteiger partial charge in [-0.25, -0.2) is 0 Å². The van der Waals surface area contributed by atoms with E-state index in [0.29, 0.717) is 0 Å². The second-order valence-electron chi connectivity index (χ2n) is 3.84. The molecule has 0 fully saturated rings. The minimum absolute atomic E-state index is 1.02. The molecule has 2 heteroatoms. The van der Waals surface area contributed by atoms with Crippen molar-refractivity contribution in [3.63, 3.8) is 0 Å². The molecule has 1 aliphatic rings. The lowest BCUT2D eigenvalue weighted by molar-refractivity contribution is 0.306. The lowest BCUT2D eigenvalue weighted by Crippen LogP contribution is -2.24. The fraction of sp³-hybridized carbons (Fsp3) is 0.667. The summed E-state index contributed by atoms with van der Waals surface area (Å²) in [6.45, 7) is 7.93. The van der Waals surface area contributed by atoms with Crippen LogP contribution in [0.3, 0.4) is 0 Å². The molecule has 0 saturated carbocycles. The largest absolute Gasteiger partial charge is 0.402 e. The Bertz CT molecular complexity index is 224. The predicted molar refractivity (Wildman–Crippen MR) is 62.0 cm³/mol. The molecule has 1 aliphatic carbocycles. The molecule has 0 aromatic rings. The van der Waals surface area contributed by atoms with Crippen molar-refractivity contribution in [2.24, 2.45) is 5.73 Å². The first kappa shape index (κ1) is 11.3. The summed E-state index contributed by atoms with van der Waals surface area (Å²) in [6, 6.07) is 0. The van der Waals surface area contributed by atoms with E-state index in [1.165, 1.54) is 13.0 Å². The maximum atomic E-state index is 5.71. The smallest absolute Gasteiger partial charge is 0.00836 e. The van der Waals surface area contributed by atoms with E-state index in [-0.39, 0.29) is 0 Å². The molecular weight excluding hydrogens is 172 g/mol. The highest BCUT2D eigenvalue weighted by Crippen LogP contribution is 2.18. The van der Waals surface area contributed by atoms with Gasteiger partial charge < -0.3 is 10.6 Å². The summed E-state index contributed by atoms with van der Waals surface area (Å²) >= 11 is 0. The molecule has 2 nitrogen and oxygen atoms in total. The lowest BCUT2D eigenvalue weighted by atomic mass is 10.00. The van der Waals surface area contributed by atoms with Gasteiger partial charge in [0.1, 0.15) is 0 Å². The third-order valence-electron chi connectivity index (χ3n) is 2.91. The normalized spacial score (nSPS) is 16.8. The zero-order valence-corrected chi connectivity index (χ0v) is 9.42. The second-order valence-corrected chi connectivity index (χ2v) is 3.84. The Labute approximate surface area is 87.5 Å². The first-order chi connectivity index (χ1) is 6.76. The molecule has 0 radical (unpaired) electrons. The van der Waals surface area contributed by atoms with Crippen LogP contribution in [0.1, 0.15) is 33.1 Å². The third kappa shape index (κ3) is 3.54. The van der Waals surface area contributed by atoms with E-state index < -0.39 is 0 Å². The van der Waals surface area contributed by atoms with Crippen molar-refractivity contribution < 1.29 is 0 Å². The summed E-state index contributed by atoms with van der Waals surface area (Å²) in [5, 5.41) is 0. The quantitative estimate of drug-likeness (QED) is 0.727. The van der Waals surface area contributed by atoms with Gasteiger partial charge in [-0.1, -0.05) is 25.5 Å². The van der Waals surface area contributed by atoms with Gasteiger partial charge in [0.25, 0.3) is 0 Å². The average molecular weight is 194 g/mol. The third-order valence-corrected chi connectivity index (χ3v) is 2.91. The van der Waals surface area contributed by atoms with E-state index in [2.05, 4.69) is 30.9 Å². The topological polar surface area (TPSA) is 29.3 Å². The molecule has 0 amide bonds. The highest BCUT2D eigenvalue weighted by atomic mass is 15.1. The maximum absolute atomic E-state index is 5.71. The van der Waals surface area contributed by atoms with Gasteiger partial charge in [0, 0.05) is 12.2 Å². The number of nitrogens with two attached hydrogens (primary N) is 1. The minimum Gasteiger partial charge on any atom is -0.402 e. The molecule has 0 bridgehead atoms. The molecule has 0 atom stereocenters. The van der Waals surface area contributed by atoms with E-state index in [4.69, 9.17) is 5.73 Å². The summed E-state index contributed by atoms with van der Waals surface area (Å²) in [5.41, 5.74) is 8.28. The van der Waals surface area contributed by atoms with Crippen LogP contribution in [0.25, 0.3) is 0 Å². The first-order valence-corrected chi connectivity index (χ1v) is 5.62. The molecule has 0 heterocycles. The lowest BCUT2D eigenvalue weighted by Gasteiger charge is -2.19. The van der Waals surface area contributed by atoms with Crippen molar-refractivity contribution in [1.82, 2.24) is 4.90 Å². The molecule has 14 heavy (non-hydrogen) atoms. The van der Waals surface area contributed by atoms with Crippen LogP contribution in [0.15, 0.2) is 23.4 Å². The van der Waals surface area contributed by atoms with Crippen molar-refractivity contribution in [2.45, 2.75) is 33.1 Å². The van der Waals surface area contributed by atoms with Crippen molar-refractivity contribution in [2.75, 3.05) is 19.6 Å². The molecule has 0 aromatic heterocycles. The van der Waals surface area contributed by atoms with E-state index in [0.717, 1.165) is 31.6 Å². The van der Waals surface area contributed by atoms with Gasteiger partial charge in [-0.3, -0.25) is 0 Å². The summed E-state index contributed by atoms with van der Waals surface area (Å²) in [5.74, 6) is 0. The SMILES string of the molecule is CCN(CC)CCC1=CC=C(N)CC1. The van der Waals surface area contributed by atoms with Gasteiger partial charge in [0.2, 0.25) is 0 Å². The Morgan fingerprint density at radius 1 is 1.21 bits per heavy atom. The molecule has 0 spiro atoms. The molecule has 0 saturated heterocycles. The van der Waals surface area contributed by atoms with Crippen molar-refractivity contribution >= 4 is 0 Å². The summed E-state index contributed by atoms with van der Waals surface area (Å²) in [6.07, 6.45) is 7.66. The predicted octanol–water partition coefficient (Wildman–Crippen LogP) is 2.28. The fourth-order valence-corrected chi connectivity index (χ4v) is 1.75. The zero-order chi connectivity index (χ0) is 10.4. The Morgan fingerprint density at radius 3 is 2.43 bits per heavy atom. The minimum atomic E-state index is 1.02. The summed E-state index contributed by atoms with van der Waals surface area (Å²) in [4.78, 5) is 2.46. The van der Waals surface area contributed by atoms with Gasteiger partial charge in [0.15, 0.2) is 0 Å². The molecule has 0 unspecified atom stereocenters. The van der Waals surface area contributed by atoms with Crippen LogP contribution in [0, 0.1) is 0 Å². The van der Waals surface area contributed by atoms with Crippen molar-refractivity contribution in [3.05, 3.63) is 23.4 Å². The van der Waals surface area contributed by atoms with Gasteiger partial charge >= 0.3 is 0 Å². The van der Waals surface area contributed by atoms with Gasteiger partial charge in [0.05, 0.1) is 0 Å². The van der Waals surface area contributed by atoms with Crippen LogP contribution in [0.4, 0.5) is 0 Å². The molecule has 0 aliphatic heterocycles. The number of allylic oxidation sites excluding steroid dienone is 3. The highest BCUT2D eigenvalue weighted by Gasteiger charge is 2.05. The molecular formula is C12H22N2. The van der Waals surface area contributed by atoms with Crippen LogP contribution >= 0.6 is 0 Å². The Morgan fingerprint density at radius 2 is 1.93 bits per heavy atom. The standard InChI is InChI=1S/C12H22N2/c1-3-14(4-2)10-9-11-5-7-12(13)8-6-11/h5,7H,3-4,6,8-10,13H2,1-2H3. The molecule has 0 aromatic carbocycles. The van der Waals surface area contributed by atoms with Crippen LogP contribution < -0.4 is 5.73 Å². The average Bonchev–Trinajstić information content (AvgIpc) is 2.22.